The van der Waals surface area contributed by atoms with Crippen LogP contribution in [0.1, 0.15) is 19.3 Å². The van der Waals surface area contributed by atoms with Crippen LogP contribution in [-0.2, 0) is 11.3 Å². The molecule has 0 radical (unpaired) electrons. The van der Waals surface area contributed by atoms with Crippen molar-refractivity contribution in [3.8, 4) is 5.75 Å². The number of benzene rings is 1. The van der Waals surface area contributed by atoms with Gasteiger partial charge in [-0.2, -0.15) is 5.10 Å². The van der Waals surface area contributed by atoms with E-state index in [2.05, 4.69) is 5.10 Å². The summed E-state index contributed by atoms with van der Waals surface area (Å²) in [7, 11) is 0. The molecule has 1 saturated heterocycles. The van der Waals surface area contributed by atoms with Gasteiger partial charge in [-0.25, -0.2) is 4.39 Å². The second-order valence-electron chi connectivity index (χ2n) is 5.64. The van der Waals surface area contributed by atoms with Crippen molar-refractivity contribution in [2.24, 2.45) is 0 Å². The molecule has 1 aliphatic rings. The molecule has 1 atom stereocenters. The average Bonchev–Trinajstić information content (AvgIpc) is 3.21. The molecule has 122 valence electrons. The fourth-order valence-corrected chi connectivity index (χ4v) is 2.93. The van der Waals surface area contributed by atoms with Crippen LogP contribution in [0.2, 0.25) is 0 Å². The van der Waals surface area contributed by atoms with E-state index in [4.69, 9.17) is 4.74 Å². The summed E-state index contributed by atoms with van der Waals surface area (Å²) in [4.78, 5) is 14.3. The number of ether oxygens (including phenoxy) is 1. The van der Waals surface area contributed by atoms with Gasteiger partial charge in [0.1, 0.15) is 0 Å². The molecule has 3 rings (SSSR count). The molecule has 1 aromatic heterocycles. The third-order valence-electron chi connectivity index (χ3n) is 4.06. The van der Waals surface area contributed by atoms with Crippen LogP contribution < -0.4 is 4.74 Å². The molecule has 0 unspecified atom stereocenters. The molecule has 0 bridgehead atoms. The topological polar surface area (TPSA) is 47.4 Å². The van der Waals surface area contributed by atoms with Gasteiger partial charge in [0.2, 0.25) is 5.91 Å². The van der Waals surface area contributed by atoms with E-state index in [0.717, 1.165) is 19.4 Å². The van der Waals surface area contributed by atoms with Crippen molar-refractivity contribution in [3.05, 3.63) is 48.5 Å². The summed E-state index contributed by atoms with van der Waals surface area (Å²) in [6, 6.07) is 8.28. The summed E-state index contributed by atoms with van der Waals surface area (Å²) in [5.41, 5.74) is 0. The Hall–Kier alpha value is -2.37. The molecular weight excluding hydrogens is 297 g/mol. The van der Waals surface area contributed by atoms with E-state index in [0.29, 0.717) is 6.54 Å². The van der Waals surface area contributed by atoms with E-state index in [1.165, 1.54) is 6.07 Å². The Morgan fingerprint density at radius 2 is 2.22 bits per heavy atom. The van der Waals surface area contributed by atoms with Crippen LogP contribution in [0.25, 0.3) is 0 Å². The number of aromatic nitrogens is 2. The minimum absolute atomic E-state index is 0.0518. The normalized spacial score (nSPS) is 17.4. The number of para-hydroxylation sites is 1. The van der Waals surface area contributed by atoms with Crippen molar-refractivity contribution >= 4 is 5.91 Å². The third kappa shape index (κ3) is 3.88. The number of carbonyl (C=O) groups excluding carboxylic acids is 1. The largest absolute Gasteiger partial charge is 0.490 e. The van der Waals surface area contributed by atoms with Gasteiger partial charge in [-0.1, -0.05) is 12.1 Å². The maximum Gasteiger partial charge on any atom is 0.226 e. The Labute approximate surface area is 134 Å². The SMILES string of the molecule is O=C(CCOc1ccccc1F)N1CCC[C@@H]1Cn1cccn1. The van der Waals surface area contributed by atoms with Crippen LogP contribution in [-0.4, -0.2) is 39.8 Å². The number of likely N-dealkylation sites (tertiary alicyclic amines) is 1. The Kier molecular flexibility index (Phi) is 4.90. The van der Waals surface area contributed by atoms with Gasteiger partial charge in [0.05, 0.1) is 25.6 Å². The first-order valence-corrected chi connectivity index (χ1v) is 7.88. The molecular formula is C17H20FN3O2. The summed E-state index contributed by atoms with van der Waals surface area (Å²) < 4.78 is 20.7. The molecule has 0 N–H and O–H groups in total. The first-order chi connectivity index (χ1) is 11.2. The molecule has 1 amide bonds. The summed E-state index contributed by atoms with van der Waals surface area (Å²) in [6.45, 7) is 1.67. The highest BCUT2D eigenvalue weighted by Crippen LogP contribution is 2.20. The molecule has 0 aliphatic carbocycles. The molecule has 6 heteroatoms. The predicted molar refractivity (Wildman–Crippen MR) is 83.5 cm³/mol. The number of nitrogens with zero attached hydrogens (tertiary/aromatic N) is 3. The fourth-order valence-electron chi connectivity index (χ4n) is 2.93. The average molecular weight is 317 g/mol. The van der Waals surface area contributed by atoms with E-state index in [1.54, 1.807) is 24.4 Å². The third-order valence-corrected chi connectivity index (χ3v) is 4.06. The minimum Gasteiger partial charge on any atom is -0.490 e. The maximum absolute atomic E-state index is 13.5. The van der Waals surface area contributed by atoms with Crippen molar-refractivity contribution < 1.29 is 13.9 Å². The minimum atomic E-state index is -0.405. The summed E-state index contributed by atoms with van der Waals surface area (Å²) in [5, 5.41) is 4.20. The van der Waals surface area contributed by atoms with Crippen LogP contribution in [0.5, 0.6) is 5.75 Å². The van der Waals surface area contributed by atoms with Crippen molar-refractivity contribution in [3.63, 3.8) is 0 Å². The van der Waals surface area contributed by atoms with Crippen LogP contribution in [0.4, 0.5) is 4.39 Å². The summed E-state index contributed by atoms with van der Waals surface area (Å²) >= 11 is 0. The predicted octanol–water partition coefficient (Wildman–Crippen LogP) is 2.48. The van der Waals surface area contributed by atoms with Gasteiger partial charge in [0.25, 0.3) is 0 Å². The smallest absolute Gasteiger partial charge is 0.226 e. The van der Waals surface area contributed by atoms with Gasteiger partial charge in [0.15, 0.2) is 11.6 Å². The Balaban J connectivity index is 1.50. The van der Waals surface area contributed by atoms with E-state index < -0.39 is 5.82 Å². The number of hydrogen-bond donors (Lipinski definition) is 0. The number of halogens is 1. The Morgan fingerprint density at radius 3 is 3.00 bits per heavy atom. The molecule has 2 heterocycles. The van der Waals surface area contributed by atoms with Crippen molar-refractivity contribution in [1.29, 1.82) is 0 Å². The fraction of sp³-hybridized carbons (Fsp3) is 0.412. The molecule has 0 spiro atoms. The summed E-state index contributed by atoms with van der Waals surface area (Å²) in [6.07, 6.45) is 5.89. The van der Waals surface area contributed by atoms with Gasteiger partial charge in [-0.05, 0) is 31.0 Å². The van der Waals surface area contributed by atoms with Crippen molar-refractivity contribution in [2.45, 2.75) is 31.8 Å². The van der Waals surface area contributed by atoms with E-state index in [-0.39, 0.29) is 30.7 Å². The molecule has 23 heavy (non-hydrogen) atoms. The second kappa shape index (κ2) is 7.26. The number of amides is 1. The van der Waals surface area contributed by atoms with Gasteiger partial charge < -0.3 is 9.64 Å². The zero-order valence-electron chi connectivity index (χ0n) is 12.9. The van der Waals surface area contributed by atoms with Gasteiger partial charge in [-0.15, -0.1) is 0 Å². The highest BCUT2D eigenvalue weighted by atomic mass is 19.1. The number of rotatable bonds is 6. The van der Waals surface area contributed by atoms with Crippen LogP contribution >= 0.6 is 0 Å². The lowest BCUT2D eigenvalue weighted by atomic mass is 10.2. The first-order valence-electron chi connectivity index (χ1n) is 7.88. The zero-order chi connectivity index (χ0) is 16.1. The van der Waals surface area contributed by atoms with Gasteiger partial charge >= 0.3 is 0 Å². The molecule has 0 saturated carbocycles. The van der Waals surface area contributed by atoms with Crippen LogP contribution in [0, 0.1) is 5.82 Å². The van der Waals surface area contributed by atoms with E-state index in [1.807, 2.05) is 21.8 Å². The lowest BCUT2D eigenvalue weighted by Crippen LogP contribution is -2.38. The standard InChI is InChI=1S/C17H20FN3O2/c18-15-6-1-2-7-16(15)23-12-8-17(22)21-11-3-5-14(21)13-20-10-4-9-19-20/h1-2,4,6-7,9-10,14H,3,5,8,11-13H2/t14-/m1/s1. The maximum atomic E-state index is 13.5. The molecule has 5 nitrogen and oxygen atoms in total. The quantitative estimate of drug-likeness (QED) is 0.822. The Morgan fingerprint density at radius 1 is 1.35 bits per heavy atom. The molecule has 1 aromatic carbocycles. The lowest BCUT2D eigenvalue weighted by molar-refractivity contribution is -0.132. The first kappa shape index (κ1) is 15.5. The molecule has 2 aromatic rings. The van der Waals surface area contributed by atoms with Gasteiger partial charge in [-0.3, -0.25) is 9.48 Å². The summed E-state index contributed by atoms with van der Waals surface area (Å²) in [5.74, 6) is -0.163. The molecule has 1 fully saturated rings. The van der Waals surface area contributed by atoms with Crippen molar-refractivity contribution in [2.75, 3.05) is 13.2 Å². The number of carbonyl (C=O) groups is 1. The monoisotopic (exact) mass is 317 g/mol. The van der Waals surface area contributed by atoms with Crippen molar-refractivity contribution in [1.82, 2.24) is 14.7 Å². The highest BCUT2D eigenvalue weighted by Gasteiger charge is 2.28. The van der Waals surface area contributed by atoms with E-state index >= 15 is 0 Å². The lowest BCUT2D eigenvalue weighted by Gasteiger charge is -2.24. The van der Waals surface area contributed by atoms with Crippen LogP contribution in [0.15, 0.2) is 42.7 Å². The number of hydrogen-bond acceptors (Lipinski definition) is 3. The highest BCUT2D eigenvalue weighted by molar-refractivity contribution is 5.77. The zero-order valence-corrected chi connectivity index (χ0v) is 12.9. The second-order valence-corrected chi connectivity index (χ2v) is 5.64. The Bertz CT molecular complexity index is 645. The molecule has 1 aliphatic heterocycles. The van der Waals surface area contributed by atoms with Gasteiger partial charge in [0, 0.05) is 18.9 Å². The van der Waals surface area contributed by atoms with Crippen LogP contribution in [0.3, 0.4) is 0 Å². The van der Waals surface area contributed by atoms with E-state index in [9.17, 15) is 9.18 Å².